The normalized spacial score (nSPS) is 20.3. The Hall–Kier alpha value is -1.90. The number of unbranched alkanes of at least 4 members (excludes halogenated alkanes) is 1. The zero-order valence-corrected chi connectivity index (χ0v) is 15.5. The first kappa shape index (κ1) is 18.9. The fourth-order valence-corrected chi connectivity index (χ4v) is 3.73. The molecule has 0 aliphatic heterocycles. The van der Waals surface area contributed by atoms with Crippen LogP contribution in [0.1, 0.15) is 56.9 Å². The van der Waals surface area contributed by atoms with Crippen molar-refractivity contribution in [1.29, 1.82) is 0 Å². The predicted molar refractivity (Wildman–Crippen MR) is 103 cm³/mol. The molecule has 0 aromatic heterocycles. The van der Waals surface area contributed by atoms with E-state index >= 15 is 0 Å². The van der Waals surface area contributed by atoms with E-state index in [4.69, 9.17) is 4.74 Å². The molecule has 0 radical (unpaired) electrons. The lowest BCUT2D eigenvalue weighted by molar-refractivity contribution is 0.0528. The Labute approximate surface area is 155 Å². The maximum absolute atomic E-state index is 12.8. The van der Waals surface area contributed by atoms with Gasteiger partial charge in [-0.1, -0.05) is 49.7 Å². The third-order valence-corrected chi connectivity index (χ3v) is 5.46. The number of hydrogen-bond donors (Lipinski definition) is 0. The second-order valence-corrected chi connectivity index (χ2v) is 7.29. The van der Waals surface area contributed by atoms with Gasteiger partial charge in [0.05, 0.1) is 6.61 Å². The summed E-state index contributed by atoms with van der Waals surface area (Å²) in [4.78, 5) is 0. The largest absolute Gasteiger partial charge is 0.494 e. The van der Waals surface area contributed by atoms with E-state index in [1.165, 1.54) is 16.7 Å². The summed E-state index contributed by atoms with van der Waals surface area (Å²) in [6.07, 6.45) is 3.08. The molecular weight excluding hydrogens is 330 g/mol. The van der Waals surface area contributed by atoms with Crippen molar-refractivity contribution >= 4 is 0 Å². The van der Waals surface area contributed by atoms with Gasteiger partial charge in [-0.15, -0.1) is 0 Å². The highest BCUT2D eigenvalue weighted by Gasteiger charge is 2.27. The lowest BCUT2D eigenvalue weighted by Gasteiger charge is -2.28. The summed E-state index contributed by atoms with van der Waals surface area (Å²) >= 11 is 0. The predicted octanol–water partition coefficient (Wildman–Crippen LogP) is 7.07. The van der Waals surface area contributed by atoms with Crippen molar-refractivity contribution in [2.45, 2.75) is 57.8 Å². The third-order valence-electron chi connectivity index (χ3n) is 5.46. The van der Waals surface area contributed by atoms with Crippen molar-refractivity contribution in [3.8, 4) is 16.9 Å². The van der Waals surface area contributed by atoms with Crippen molar-refractivity contribution in [3.05, 3.63) is 54.1 Å². The zero-order chi connectivity index (χ0) is 18.4. The lowest BCUT2D eigenvalue weighted by atomic mass is 9.78. The van der Waals surface area contributed by atoms with Gasteiger partial charge in [0.1, 0.15) is 5.75 Å². The Morgan fingerprint density at radius 3 is 2.00 bits per heavy atom. The highest BCUT2D eigenvalue weighted by molar-refractivity contribution is 5.64. The highest BCUT2D eigenvalue weighted by Crippen LogP contribution is 2.38. The van der Waals surface area contributed by atoms with Crippen molar-refractivity contribution in [3.63, 3.8) is 0 Å². The molecule has 0 unspecified atom stereocenters. The number of hydrogen-bond acceptors (Lipinski definition) is 1. The van der Waals surface area contributed by atoms with Crippen LogP contribution in [0.5, 0.6) is 5.75 Å². The van der Waals surface area contributed by atoms with Crippen LogP contribution in [0.15, 0.2) is 48.5 Å². The van der Waals surface area contributed by atoms with Gasteiger partial charge in [-0.2, -0.15) is 0 Å². The van der Waals surface area contributed by atoms with E-state index in [-0.39, 0.29) is 0 Å². The Kier molecular flexibility index (Phi) is 6.65. The number of halogens is 2. The first-order valence-corrected chi connectivity index (χ1v) is 9.78. The fourth-order valence-electron chi connectivity index (χ4n) is 3.73. The smallest absolute Gasteiger partial charge is 0.241 e. The Morgan fingerprint density at radius 2 is 1.46 bits per heavy atom. The van der Waals surface area contributed by atoms with Gasteiger partial charge in [0, 0.05) is 5.92 Å². The summed E-state index contributed by atoms with van der Waals surface area (Å²) in [6, 6.07) is 16.8. The highest BCUT2D eigenvalue weighted by atomic mass is 19.3. The molecule has 1 nitrogen and oxygen atoms in total. The molecule has 1 fully saturated rings. The van der Waals surface area contributed by atoms with Gasteiger partial charge in [-0.05, 0) is 66.8 Å². The van der Waals surface area contributed by atoms with Crippen LogP contribution in [0.2, 0.25) is 0 Å². The molecule has 0 N–H and O–H groups in total. The molecule has 140 valence electrons. The van der Waals surface area contributed by atoms with Crippen molar-refractivity contribution < 1.29 is 13.5 Å². The summed E-state index contributed by atoms with van der Waals surface area (Å²) in [7, 11) is 0. The van der Waals surface area contributed by atoms with Gasteiger partial charge >= 0.3 is 0 Å². The van der Waals surface area contributed by atoms with Gasteiger partial charge in [-0.3, -0.25) is 0 Å². The van der Waals surface area contributed by atoms with Gasteiger partial charge < -0.3 is 4.74 Å². The van der Waals surface area contributed by atoms with Gasteiger partial charge in [-0.25, -0.2) is 8.78 Å². The number of alkyl halides is 2. The molecule has 0 bridgehead atoms. The molecule has 1 aliphatic carbocycles. The van der Waals surface area contributed by atoms with Crippen LogP contribution in [0, 0.1) is 5.92 Å². The fraction of sp³-hybridized carbons (Fsp3) is 0.478. The quantitative estimate of drug-likeness (QED) is 0.481. The zero-order valence-electron chi connectivity index (χ0n) is 15.5. The van der Waals surface area contributed by atoms with Crippen LogP contribution < -0.4 is 4.74 Å². The van der Waals surface area contributed by atoms with E-state index in [0.717, 1.165) is 38.0 Å². The van der Waals surface area contributed by atoms with Crippen LogP contribution >= 0.6 is 0 Å². The van der Waals surface area contributed by atoms with E-state index in [1.54, 1.807) is 0 Å². The minimum absolute atomic E-state index is 0.399. The van der Waals surface area contributed by atoms with Crippen LogP contribution in [-0.2, 0) is 0 Å². The monoisotopic (exact) mass is 358 g/mol. The maximum atomic E-state index is 12.8. The first-order chi connectivity index (χ1) is 12.7. The average molecular weight is 358 g/mol. The van der Waals surface area contributed by atoms with E-state index in [9.17, 15) is 8.78 Å². The molecule has 3 heteroatoms. The molecule has 0 saturated heterocycles. The van der Waals surface area contributed by atoms with E-state index in [1.807, 2.05) is 12.1 Å². The van der Waals surface area contributed by atoms with E-state index < -0.39 is 12.3 Å². The van der Waals surface area contributed by atoms with Gasteiger partial charge in [0.2, 0.25) is 6.43 Å². The van der Waals surface area contributed by atoms with Crippen LogP contribution in [0.4, 0.5) is 8.78 Å². The molecular formula is C23H28F2O. The Balaban J connectivity index is 1.59. The minimum atomic E-state index is -2.16. The molecule has 0 atom stereocenters. The minimum Gasteiger partial charge on any atom is -0.494 e. The third kappa shape index (κ3) is 4.84. The summed E-state index contributed by atoms with van der Waals surface area (Å²) in [5, 5.41) is 0. The lowest BCUT2D eigenvalue weighted by Crippen LogP contribution is -2.19. The van der Waals surface area contributed by atoms with E-state index in [2.05, 4.69) is 43.3 Å². The second kappa shape index (κ2) is 9.16. The summed E-state index contributed by atoms with van der Waals surface area (Å²) < 4.78 is 31.3. The molecule has 3 rings (SSSR count). The number of rotatable bonds is 7. The molecule has 0 spiro atoms. The van der Waals surface area contributed by atoms with Crippen LogP contribution in [0.25, 0.3) is 11.1 Å². The second-order valence-electron chi connectivity index (χ2n) is 7.29. The molecule has 26 heavy (non-hydrogen) atoms. The summed E-state index contributed by atoms with van der Waals surface area (Å²) in [6.45, 7) is 2.92. The molecule has 2 aromatic carbocycles. The average Bonchev–Trinajstić information content (AvgIpc) is 2.69. The van der Waals surface area contributed by atoms with Crippen LogP contribution in [0.3, 0.4) is 0 Å². The molecule has 0 heterocycles. The van der Waals surface area contributed by atoms with Crippen molar-refractivity contribution in [1.82, 2.24) is 0 Å². The van der Waals surface area contributed by atoms with Gasteiger partial charge in [0.25, 0.3) is 0 Å². The van der Waals surface area contributed by atoms with Crippen molar-refractivity contribution in [2.75, 3.05) is 6.61 Å². The Bertz CT molecular complexity index is 656. The molecule has 2 aromatic rings. The summed E-state index contributed by atoms with van der Waals surface area (Å²) in [5.41, 5.74) is 3.62. The van der Waals surface area contributed by atoms with Crippen molar-refractivity contribution in [2.24, 2.45) is 5.92 Å². The maximum Gasteiger partial charge on any atom is 0.241 e. The Morgan fingerprint density at radius 1 is 0.885 bits per heavy atom. The molecule has 1 saturated carbocycles. The standard InChI is InChI=1S/C23H28F2O/c1-2-3-16-26-22-14-12-20(13-15-22)18-6-4-17(5-7-18)19-8-10-21(11-9-19)23(24)25/h4-7,12-15,19,21,23H,2-3,8-11,16H2,1H3. The first-order valence-electron chi connectivity index (χ1n) is 9.78. The van der Waals surface area contributed by atoms with Gasteiger partial charge in [0.15, 0.2) is 0 Å². The summed E-state index contributed by atoms with van der Waals surface area (Å²) in [5.74, 6) is 0.937. The van der Waals surface area contributed by atoms with Crippen LogP contribution in [-0.4, -0.2) is 13.0 Å². The number of benzene rings is 2. The number of ether oxygens (including phenoxy) is 1. The topological polar surface area (TPSA) is 9.23 Å². The molecule has 0 amide bonds. The SMILES string of the molecule is CCCCOc1ccc(-c2ccc(C3CCC(C(F)F)CC3)cc2)cc1. The van der Waals surface area contributed by atoms with E-state index in [0.29, 0.717) is 18.8 Å². The molecule has 1 aliphatic rings.